The second kappa shape index (κ2) is 5.79. The molecule has 20 heavy (non-hydrogen) atoms. The molecular weight excluding hydrogens is 259 g/mol. The third kappa shape index (κ3) is 2.93. The number of aliphatic carboxylic acids is 1. The summed E-state index contributed by atoms with van der Waals surface area (Å²) in [7, 11) is 1.66. The smallest absolute Gasteiger partial charge is 0.323 e. The van der Waals surface area contributed by atoms with Gasteiger partial charge in [0, 0.05) is 18.8 Å². The fraction of sp³-hybridized carbons (Fsp3) is 0.533. The van der Waals surface area contributed by atoms with Gasteiger partial charge in [0.1, 0.15) is 11.4 Å². The third-order valence-electron chi connectivity index (χ3n) is 4.17. The number of carboxylic acid groups (broad SMARTS) is 1. The van der Waals surface area contributed by atoms with E-state index in [2.05, 4.69) is 10.2 Å². The molecule has 4 nitrogen and oxygen atoms in total. The number of nitrogens with zero attached hydrogens (tertiary/aromatic N) is 1. The fourth-order valence-corrected chi connectivity index (χ4v) is 2.61. The van der Waals surface area contributed by atoms with Gasteiger partial charge in [0.2, 0.25) is 0 Å². The Bertz CT molecular complexity index is 507. The summed E-state index contributed by atoms with van der Waals surface area (Å²) in [5.41, 5.74) is 1.22. The first-order valence-corrected chi connectivity index (χ1v) is 6.92. The zero-order valence-corrected chi connectivity index (χ0v) is 11.9. The number of rotatable bonds is 6. The third-order valence-corrected chi connectivity index (χ3v) is 4.17. The Morgan fingerprint density at radius 2 is 2.30 bits per heavy atom. The lowest BCUT2D eigenvalue weighted by Gasteiger charge is -2.26. The van der Waals surface area contributed by atoms with Crippen molar-refractivity contribution in [2.45, 2.75) is 31.7 Å². The Morgan fingerprint density at radius 1 is 1.55 bits per heavy atom. The van der Waals surface area contributed by atoms with Crippen LogP contribution in [0.5, 0.6) is 0 Å². The van der Waals surface area contributed by atoms with Crippen LogP contribution in [0.3, 0.4) is 0 Å². The van der Waals surface area contributed by atoms with E-state index in [9.17, 15) is 14.3 Å². The minimum Gasteiger partial charge on any atom is -0.480 e. The van der Waals surface area contributed by atoms with Crippen molar-refractivity contribution in [2.24, 2.45) is 0 Å². The number of carboxylic acids is 1. The van der Waals surface area contributed by atoms with Crippen molar-refractivity contribution in [3.05, 3.63) is 29.6 Å². The molecule has 0 aliphatic carbocycles. The predicted octanol–water partition coefficient (Wildman–Crippen LogP) is 2.03. The molecule has 1 heterocycles. The summed E-state index contributed by atoms with van der Waals surface area (Å²) in [5.74, 6) is -1.06. The fourth-order valence-electron chi connectivity index (χ4n) is 2.61. The lowest BCUT2D eigenvalue weighted by molar-refractivity contribution is -0.144. The monoisotopic (exact) mass is 280 g/mol. The van der Waals surface area contributed by atoms with E-state index < -0.39 is 11.5 Å². The quantitative estimate of drug-likeness (QED) is 0.837. The van der Waals surface area contributed by atoms with E-state index in [1.165, 1.54) is 11.6 Å². The molecule has 0 fully saturated rings. The molecule has 0 radical (unpaired) electrons. The number of carbonyl (C=O) groups is 1. The summed E-state index contributed by atoms with van der Waals surface area (Å²) in [6.45, 7) is 3.32. The first-order chi connectivity index (χ1) is 9.46. The maximum Gasteiger partial charge on any atom is 0.323 e. The predicted molar refractivity (Wildman–Crippen MR) is 76.7 cm³/mol. The van der Waals surface area contributed by atoms with E-state index in [1.807, 2.05) is 6.07 Å². The molecule has 1 atom stereocenters. The number of nitrogens with one attached hydrogen (secondary N) is 1. The van der Waals surface area contributed by atoms with Crippen LogP contribution in [-0.4, -0.2) is 36.8 Å². The molecule has 1 unspecified atom stereocenters. The number of anilines is 1. The van der Waals surface area contributed by atoms with Gasteiger partial charge in [-0.1, -0.05) is 6.07 Å². The van der Waals surface area contributed by atoms with Crippen molar-refractivity contribution < 1.29 is 14.3 Å². The average molecular weight is 280 g/mol. The molecule has 110 valence electrons. The highest BCUT2D eigenvalue weighted by atomic mass is 19.1. The number of halogens is 1. The Kier molecular flexibility index (Phi) is 4.28. The molecule has 1 aliphatic rings. The van der Waals surface area contributed by atoms with Gasteiger partial charge in [-0.05, 0) is 50.9 Å². The van der Waals surface area contributed by atoms with Crippen molar-refractivity contribution >= 4 is 11.7 Å². The molecule has 1 aromatic rings. The molecule has 0 amide bonds. The van der Waals surface area contributed by atoms with E-state index in [1.54, 1.807) is 20.0 Å². The minimum absolute atomic E-state index is 0.221. The Morgan fingerprint density at radius 3 is 2.95 bits per heavy atom. The normalized spacial score (nSPS) is 16.9. The zero-order valence-electron chi connectivity index (χ0n) is 11.9. The SMILES string of the molecule is CNC(C)(CCCN1CCc2ccc(F)cc21)C(=O)O. The molecule has 1 aromatic carbocycles. The van der Waals surface area contributed by atoms with Gasteiger partial charge in [-0.3, -0.25) is 4.79 Å². The number of benzene rings is 1. The molecule has 2 rings (SSSR count). The van der Waals surface area contributed by atoms with E-state index in [-0.39, 0.29) is 5.82 Å². The van der Waals surface area contributed by atoms with Gasteiger partial charge in [-0.25, -0.2) is 4.39 Å². The molecule has 0 saturated carbocycles. The topological polar surface area (TPSA) is 52.6 Å². The van der Waals surface area contributed by atoms with Gasteiger partial charge < -0.3 is 15.3 Å². The van der Waals surface area contributed by atoms with Gasteiger partial charge in [0.15, 0.2) is 0 Å². The van der Waals surface area contributed by atoms with Crippen LogP contribution in [0, 0.1) is 5.82 Å². The van der Waals surface area contributed by atoms with Crippen LogP contribution in [0.1, 0.15) is 25.3 Å². The molecule has 0 spiro atoms. The summed E-state index contributed by atoms with van der Waals surface area (Å²) < 4.78 is 13.3. The lowest BCUT2D eigenvalue weighted by Crippen LogP contribution is -2.47. The van der Waals surface area contributed by atoms with E-state index in [0.717, 1.165) is 31.6 Å². The van der Waals surface area contributed by atoms with Crippen LogP contribution in [0.15, 0.2) is 18.2 Å². The average Bonchev–Trinajstić information content (AvgIpc) is 2.81. The first-order valence-electron chi connectivity index (χ1n) is 6.92. The molecule has 0 bridgehead atoms. The summed E-state index contributed by atoms with van der Waals surface area (Å²) in [6.07, 6.45) is 2.22. The maximum atomic E-state index is 13.3. The summed E-state index contributed by atoms with van der Waals surface area (Å²) in [5, 5.41) is 12.0. The van der Waals surface area contributed by atoms with Crippen molar-refractivity contribution in [3.63, 3.8) is 0 Å². The van der Waals surface area contributed by atoms with Crippen molar-refractivity contribution in [1.82, 2.24) is 5.32 Å². The molecule has 2 N–H and O–H groups in total. The Hall–Kier alpha value is -1.62. The van der Waals surface area contributed by atoms with Gasteiger partial charge in [0.25, 0.3) is 0 Å². The van der Waals surface area contributed by atoms with Gasteiger partial charge in [-0.15, -0.1) is 0 Å². The van der Waals surface area contributed by atoms with Crippen LogP contribution in [0.2, 0.25) is 0 Å². The van der Waals surface area contributed by atoms with Gasteiger partial charge >= 0.3 is 5.97 Å². The molecule has 0 aromatic heterocycles. The second-order valence-electron chi connectivity index (χ2n) is 5.50. The Balaban J connectivity index is 1.94. The number of hydrogen-bond donors (Lipinski definition) is 2. The molecule has 0 saturated heterocycles. The number of fused-ring (bicyclic) bond motifs is 1. The highest BCUT2D eigenvalue weighted by molar-refractivity contribution is 5.78. The summed E-state index contributed by atoms with van der Waals surface area (Å²) in [6, 6.07) is 4.89. The van der Waals surface area contributed by atoms with Crippen LogP contribution in [-0.2, 0) is 11.2 Å². The molecule has 1 aliphatic heterocycles. The Labute approximate surface area is 118 Å². The zero-order chi connectivity index (χ0) is 14.8. The number of likely N-dealkylation sites (N-methyl/N-ethyl adjacent to an activating group) is 1. The molecule has 5 heteroatoms. The summed E-state index contributed by atoms with van der Waals surface area (Å²) in [4.78, 5) is 13.3. The second-order valence-corrected chi connectivity index (χ2v) is 5.50. The standard InChI is InChI=1S/C15H21FN2O2/c1-15(17-2,14(19)20)7-3-8-18-9-6-11-4-5-12(16)10-13(11)18/h4-5,10,17H,3,6-9H2,1-2H3,(H,19,20). The van der Waals surface area contributed by atoms with Gasteiger partial charge in [-0.2, -0.15) is 0 Å². The van der Waals surface area contributed by atoms with Crippen molar-refractivity contribution in [2.75, 3.05) is 25.0 Å². The largest absolute Gasteiger partial charge is 0.480 e. The van der Waals surface area contributed by atoms with Crippen LogP contribution in [0.25, 0.3) is 0 Å². The van der Waals surface area contributed by atoms with Crippen molar-refractivity contribution in [1.29, 1.82) is 0 Å². The van der Waals surface area contributed by atoms with Crippen LogP contribution < -0.4 is 10.2 Å². The minimum atomic E-state index is -0.898. The van der Waals surface area contributed by atoms with E-state index >= 15 is 0 Å². The summed E-state index contributed by atoms with van der Waals surface area (Å²) >= 11 is 0. The van der Waals surface area contributed by atoms with Crippen LogP contribution >= 0.6 is 0 Å². The molecular formula is C15H21FN2O2. The maximum absolute atomic E-state index is 13.3. The van der Waals surface area contributed by atoms with Crippen molar-refractivity contribution in [3.8, 4) is 0 Å². The lowest BCUT2D eigenvalue weighted by atomic mass is 9.96. The highest BCUT2D eigenvalue weighted by Gasteiger charge is 2.30. The highest BCUT2D eigenvalue weighted by Crippen LogP contribution is 2.29. The number of hydrogen-bond acceptors (Lipinski definition) is 3. The van der Waals surface area contributed by atoms with E-state index in [0.29, 0.717) is 6.42 Å². The van der Waals surface area contributed by atoms with Gasteiger partial charge in [0.05, 0.1) is 0 Å². The van der Waals surface area contributed by atoms with Crippen LogP contribution in [0.4, 0.5) is 10.1 Å². The first kappa shape index (κ1) is 14.8. The van der Waals surface area contributed by atoms with E-state index in [4.69, 9.17) is 0 Å².